The van der Waals surface area contributed by atoms with Crippen LogP contribution in [0.3, 0.4) is 0 Å². The summed E-state index contributed by atoms with van der Waals surface area (Å²) in [6, 6.07) is 7.77. The molecule has 1 atom stereocenters. The predicted octanol–water partition coefficient (Wildman–Crippen LogP) is -1.48. The van der Waals surface area contributed by atoms with Crippen molar-refractivity contribution >= 4 is 5.91 Å². The molecule has 0 bridgehead atoms. The van der Waals surface area contributed by atoms with Crippen LogP contribution in [0.2, 0.25) is 0 Å². The molecule has 0 radical (unpaired) electrons. The Kier molecular flexibility index (Phi) is 5.24. The van der Waals surface area contributed by atoms with Gasteiger partial charge in [0.1, 0.15) is 11.6 Å². The molecule has 0 aliphatic rings. The maximum absolute atomic E-state index is 11.9. The lowest BCUT2D eigenvalue weighted by atomic mass is 10.0. The van der Waals surface area contributed by atoms with E-state index >= 15 is 0 Å². The van der Waals surface area contributed by atoms with Crippen LogP contribution in [0, 0.1) is 0 Å². The summed E-state index contributed by atoms with van der Waals surface area (Å²) in [5, 5.41) is 29.7. The molecule has 0 spiro atoms. The molecule has 0 aliphatic heterocycles. The van der Waals surface area contributed by atoms with Gasteiger partial charge in [0.25, 0.3) is 0 Å². The van der Waals surface area contributed by atoms with E-state index in [1.165, 1.54) is 0 Å². The summed E-state index contributed by atoms with van der Waals surface area (Å²) >= 11 is 0. The second kappa shape index (κ2) is 6.46. The van der Waals surface area contributed by atoms with Crippen molar-refractivity contribution in [2.45, 2.75) is 11.6 Å². The van der Waals surface area contributed by atoms with Crippen molar-refractivity contribution in [3.8, 4) is 0 Å². The monoisotopic (exact) mass is 254 g/mol. The third kappa shape index (κ3) is 3.27. The van der Waals surface area contributed by atoms with Crippen molar-refractivity contribution in [1.29, 1.82) is 0 Å². The highest BCUT2D eigenvalue weighted by Crippen LogP contribution is 2.11. The number of hydrogen-bond acceptors (Lipinski definition) is 5. The highest BCUT2D eigenvalue weighted by molar-refractivity contribution is 5.83. The molecule has 1 aromatic carbocycles. The van der Waals surface area contributed by atoms with Gasteiger partial charge < -0.3 is 26.4 Å². The standard InChI is InChI=1S/C12H18N2O4/c13-10(9-4-2-1-3-5-9)11(18)14-12(6-15,7-16)8-17/h1-5,10,15-17H,6-8,13H2,(H,14,18). The van der Waals surface area contributed by atoms with Gasteiger partial charge >= 0.3 is 0 Å². The minimum Gasteiger partial charge on any atom is -0.394 e. The van der Waals surface area contributed by atoms with Gasteiger partial charge in [-0.15, -0.1) is 0 Å². The first-order valence-electron chi connectivity index (χ1n) is 5.53. The summed E-state index contributed by atoms with van der Waals surface area (Å²) in [5.74, 6) is -0.571. The van der Waals surface area contributed by atoms with Crippen LogP contribution in [0.25, 0.3) is 0 Å². The lowest BCUT2D eigenvalue weighted by Crippen LogP contribution is -2.58. The van der Waals surface area contributed by atoms with E-state index in [0.29, 0.717) is 5.56 Å². The van der Waals surface area contributed by atoms with Gasteiger partial charge in [-0.3, -0.25) is 4.79 Å². The van der Waals surface area contributed by atoms with Crippen LogP contribution in [0.1, 0.15) is 11.6 Å². The molecular weight excluding hydrogens is 236 g/mol. The molecule has 0 aromatic heterocycles. The molecule has 6 heteroatoms. The molecule has 6 nitrogen and oxygen atoms in total. The maximum atomic E-state index is 11.9. The Morgan fingerprint density at radius 3 is 2.11 bits per heavy atom. The van der Waals surface area contributed by atoms with Crippen LogP contribution in [0.4, 0.5) is 0 Å². The van der Waals surface area contributed by atoms with E-state index in [-0.39, 0.29) is 0 Å². The minimum atomic E-state index is -1.45. The second-order valence-corrected chi connectivity index (χ2v) is 4.13. The van der Waals surface area contributed by atoms with Crippen LogP contribution in [-0.2, 0) is 4.79 Å². The summed E-state index contributed by atoms with van der Waals surface area (Å²) in [6.45, 7) is -1.73. The number of carbonyl (C=O) groups excluding carboxylic acids is 1. The number of hydrogen-bond donors (Lipinski definition) is 5. The van der Waals surface area contributed by atoms with Crippen molar-refractivity contribution in [2.75, 3.05) is 19.8 Å². The molecule has 1 rings (SSSR count). The Labute approximate surface area is 105 Å². The van der Waals surface area contributed by atoms with Crippen LogP contribution in [-0.4, -0.2) is 46.6 Å². The first-order chi connectivity index (χ1) is 8.58. The number of carbonyl (C=O) groups is 1. The van der Waals surface area contributed by atoms with Gasteiger partial charge in [0.2, 0.25) is 5.91 Å². The van der Waals surface area contributed by atoms with Gasteiger partial charge in [-0.05, 0) is 5.56 Å². The van der Waals surface area contributed by atoms with Gasteiger partial charge in [0.05, 0.1) is 19.8 Å². The zero-order valence-corrected chi connectivity index (χ0v) is 9.91. The number of amides is 1. The van der Waals surface area contributed by atoms with E-state index in [2.05, 4.69) is 5.32 Å². The summed E-state index contributed by atoms with van der Waals surface area (Å²) in [6.07, 6.45) is 0. The van der Waals surface area contributed by atoms with E-state index in [1.54, 1.807) is 30.3 Å². The number of rotatable bonds is 6. The topological polar surface area (TPSA) is 116 Å². The Morgan fingerprint density at radius 1 is 1.17 bits per heavy atom. The van der Waals surface area contributed by atoms with E-state index in [0.717, 1.165) is 0 Å². The Hall–Kier alpha value is -1.47. The van der Waals surface area contributed by atoms with Crippen LogP contribution >= 0.6 is 0 Å². The summed E-state index contributed by atoms with van der Waals surface area (Å²) in [4.78, 5) is 11.9. The van der Waals surface area contributed by atoms with E-state index in [4.69, 9.17) is 21.1 Å². The van der Waals surface area contributed by atoms with Crippen LogP contribution in [0.5, 0.6) is 0 Å². The average Bonchev–Trinajstić information content (AvgIpc) is 2.45. The average molecular weight is 254 g/mol. The summed E-state index contributed by atoms with van der Waals surface area (Å²) < 4.78 is 0. The summed E-state index contributed by atoms with van der Waals surface area (Å²) in [5.41, 5.74) is 4.91. The molecular formula is C12H18N2O4. The minimum absolute atomic E-state index is 0.571. The van der Waals surface area contributed by atoms with Gasteiger partial charge in [0.15, 0.2) is 0 Å². The fourth-order valence-electron chi connectivity index (χ4n) is 1.42. The zero-order chi connectivity index (χ0) is 13.6. The fourth-order valence-corrected chi connectivity index (χ4v) is 1.42. The van der Waals surface area contributed by atoms with Crippen LogP contribution < -0.4 is 11.1 Å². The zero-order valence-electron chi connectivity index (χ0n) is 9.91. The normalized spacial score (nSPS) is 13.1. The molecule has 0 saturated carbocycles. The van der Waals surface area contributed by atoms with Crippen LogP contribution in [0.15, 0.2) is 30.3 Å². The Balaban J connectivity index is 2.76. The lowest BCUT2D eigenvalue weighted by Gasteiger charge is -2.30. The van der Waals surface area contributed by atoms with E-state index in [9.17, 15) is 4.79 Å². The second-order valence-electron chi connectivity index (χ2n) is 4.13. The number of nitrogens with one attached hydrogen (secondary N) is 1. The largest absolute Gasteiger partial charge is 0.394 e. The molecule has 0 fully saturated rings. The summed E-state index contributed by atoms with van der Waals surface area (Å²) in [7, 11) is 0. The van der Waals surface area contributed by atoms with E-state index < -0.39 is 37.3 Å². The number of aliphatic hydroxyl groups excluding tert-OH is 3. The maximum Gasteiger partial charge on any atom is 0.242 e. The molecule has 6 N–H and O–H groups in total. The molecule has 0 heterocycles. The SMILES string of the molecule is NC(C(=O)NC(CO)(CO)CO)c1ccccc1. The Morgan fingerprint density at radius 2 is 1.67 bits per heavy atom. The lowest BCUT2D eigenvalue weighted by molar-refractivity contribution is -0.126. The third-order valence-corrected chi connectivity index (χ3v) is 2.74. The molecule has 1 amide bonds. The number of aliphatic hydroxyl groups is 3. The number of nitrogens with two attached hydrogens (primary N) is 1. The third-order valence-electron chi connectivity index (χ3n) is 2.74. The highest BCUT2D eigenvalue weighted by Gasteiger charge is 2.31. The molecule has 18 heavy (non-hydrogen) atoms. The predicted molar refractivity (Wildman–Crippen MR) is 65.5 cm³/mol. The molecule has 100 valence electrons. The van der Waals surface area contributed by atoms with Gasteiger partial charge in [-0.1, -0.05) is 30.3 Å². The quantitative estimate of drug-likeness (QED) is 0.424. The molecule has 0 aliphatic carbocycles. The first kappa shape index (κ1) is 14.6. The van der Waals surface area contributed by atoms with Crippen molar-refractivity contribution in [3.05, 3.63) is 35.9 Å². The van der Waals surface area contributed by atoms with Crippen molar-refractivity contribution in [2.24, 2.45) is 5.73 Å². The first-order valence-corrected chi connectivity index (χ1v) is 5.53. The van der Waals surface area contributed by atoms with Gasteiger partial charge in [-0.25, -0.2) is 0 Å². The molecule has 1 unspecified atom stereocenters. The number of benzene rings is 1. The molecule has 0 saturated heterocycles. The van der Waals surface area contributed by atoms with Crippen molar-refractivity contribution in [1.82, 2.24) is 5.32 Å². The van der Waals surface area contributed by atoms with Gasteiger partial charge in [-0.2, -0.15) is 0 Å². The van der Waals surface area contributed by atoms with Crippen molar-refractivity contribution < 1.29 is 20.1 Å². The van der Waals surface area contributed by atoms with E-state index in [1.807, 2.05) is 0 Å². The van der Waals surface area contributed by atoms with Crippen molar-refractivity contribution in [3.63, 3.8) is 0 Å². The van der Waals surface area contributed by atoms with Gasteiger partial charge in [0, 0.05) is 0 Å². The Bertz CT molecular complexity index is 371. The highest BCUT2D eigenvalue weighted by atomic mass is 16.3. The fraction of sp³-hybridized carbons (Fsp3) is 0.417. The smallest absolute Gasteiger partial charge is 0.242 e. The molecule has 1 aromatic rings.